The molecule has 1 heterocycles. The first-order chi connectivity index (χ1) is 7.20. The van der Waals surface area contributed by atoms with Crippen molar-refractivity contribution in [1.82, 2.24) is 4.98 Å². The molecule has 1 rings (SSSR count). The Morgan fingerprint density at radius 3 is 2.47 bits per heavy atom. The van der Waals surface area contributed by atoms with E-state index in [1.54, 1.807) is 24.4 Å². The number of pyridine rings is 1. The number of hydrogen-bond acceptors (Lipinski definition) is 3. The highest BCUT2D eigenvalue weighted by atomic mass is 32.1. The average Bonchev–Trinajstić information content (AvgIpc) is 2.30. The Morgan fingerprint density at radius 1 is 1.33 bits per heavy atom. The first-order valence-electron chi connectivity index (χ1n) is 4.89. The Morgan fingerprint density at radius 2 is 2.00 bits per heavy atom. The zero-order valence-corrected chi connectivity index (χ0v) is 10.1. The molecule has 1 N–H and O–H groups in total. The van der Waals surface area contributed by atoms with Crippen LogP contribution in [0.5, 0.6) is 0 Å². The van der Waals surface area contributed by atoms with Crippen LogP contribution in [0.2, 0.25) is 0 Å². The molecular formula is C12H16N2S. The number of aromatic nitrogens is 1. The van der Waals surface area contributed by atoms with Crippen LogP contribution in [0.15, 0.2) is 36.5 Å². The number of rotatable bonds is 3. The zero-order valence-electron chi connectivity index (χ0n) is 9.32. The normalized spacial score (nSPS) is 9.27. The summed E-state index contributed by atoms with van der Waals surface area (Å²) in [5.41, 5.74) is 1.04. The van der Waals surface area contributed by atoms with Gasteiger partial charge in [0.25, 0.3) is 0 Å². The summed E-state index contributed by atoms with van der Waals surface area (Å²) >= 11 is 4.86. The lowest BCUT2D eigenvalue weighted by Crippen LogP contribution is -1.97. The molecule has 1 aromatic heterocycles. The third-order valence-corrected chi connectivity index (χ3v) is 1.56. The van der Waals surface area contributed by atoms with E-state index >= 15 is 0 Å². The van der Waals surface area contributed by atoms with Gasteiger partial charge >= 0.3 is 0 Å². The van der Waals surface area contributed by atoms with Gasteiger partial charge in [-0.05, 0) is 31.2 Å². The zero-order chi connectivity index (χ0) is 11.7. The molecule has 1 aromatic rings. The molecule has 0 saturated carbocycles. The van der Waals surface area contributed by atoms with Crippen LogP contribution < -0.4 is 0 Å². The monoisotopic (exact) mass is 220 g/mol. The van der Waals surface area contributed by atoms with Gasteiger partial charge in [0.1, 0.15) is 0 Å². The van der Waals surface area contributed by atoms with Crippen molar-refractivity contribution < 1.29 is 0 Å². The van der Waals surface area contributed by atoms with E-state index in [0.29, 0.717) is 11.4 Å². The van der Waals surface area contributed by atoms with Gasteiger partial charge in [-0.15, -0.1) is 0 Å². The van der Waals surface area contributed by atoms with E-state index in [9.17, 15) is 0 Å². The lowest BCUT2D eigenvalue weighted by atomic mass is 10.2. The quantitative estimate of drug-likeness (QED) is 0.481. The molecule has 0 atom stereocenters. The Bertz CT molecular complexity index is 342. The summed E-state index contributed by atoms with van der Waals surface area (Å²) in [5.74, 6) is 0. The smallest absolute Gasteiger partial charge is 0.0878 e. The summed E-state index contributed by atoms with van der Waals surface area (Å²) in [7, 11) is 0. The van der Waals surface area contributed by atoms with Crippen LogP contribution in [0, 0.1) is 5.41 Å². The maximum atomic E-state index is 7.61. The van der Waals surface area contributed by atoms with Crippen molar-refractivity contribution in [2.75, 3.05) is 0 Å². The highest BCUT2D eigenvalue weighted by Gasteiger charge is 1.95. The lowest BCUT2D eigenvalue weighted by molar-refractivity contribution is 1.28. The van der Waals surface area contributed by atoms with Gasteiger partial charge in [0.2, 0.25) is 0 Å². The fourth-order valence-electron chi connectivity index (χ4n) is 0.808. The summed E-state index contributed by atoms with van der Waals surface area (Å²) in [6.07, 6.45) is 5.05. The van der Waals surface area contributed by atoms with Crippen molar-refractivity contribution in [2.24, 2.45) is 0 Å². The molecule has 0 amide bonds. The van der Waals surface area contributed by atoms with Crippen LogP contribution in [0.1, 0.15) is 26.5 Å². The molecule has 0 saturated heterocycles. The van der Waals surface area contributed by atoms with Gasteiger partial charge in [-0.25, -0.2) is 0 Å². The molecule has 0 unspecified atom stereocenters. The standard InChI is InChI=1S/C10H10N2S.C2H6/c1-8(13)5-6-9(11)10-4-2-3-7-12-10;1-2/h2-7,11H,1H3;1-2H3/b6-5-,11-9?;. The fraction of sp³-hybridized carbons (Fsp3) is 0.250. The van der Waals surface area contributed by atoms with E-state index in [1.165, 1.54) is 0 Å². The average molecular weight is 220 g/mol. The maximum Gasteiger partial charge on any atom is 0.0878 e. The van der Waals surface area contributed by atoms with Gasteiger partial charge in [-0.1, -0.05) is 32.1 Å². The van der Waals surface area contributed by atoms with Crippen molar-refractivity contribution in [1.29, 1.82) is 5.41 Å². The maximum absolute atomic E-state index is 7.61. The van der Waals surface area contributed by atoms with Crippen LogP contribution >= 0.6 is 12.2 Å². The molecule has 0 fully saturated rings. The Hall–Kier alpha value is -1.35. The largest absolute Gasteiger partial charge is 0.299 e. The van der Waals surface area contributed by atoms with Gasteiger partial charge in [0, 0.05) is 11.1 Å². The second-order valence-corrected chi connectivity index (χ2v) is 3.22. The van der Waals surface area contributed by atoms with E-state index in [1.807, 2.05) is 32.9 Å². The van der Waals surface area contributed by atoms with E-state index in [-0.39, 0.29) is 0 Å². The Kier molecular flexibility index (Phi) is 7.28. The number of hydrogen-bond donors (Lipinski definition) is 1. The van der Waals surface area contributed by atoms with Gasteiger partial charge in [-0.2, -0.15) is 0 Å². The van der Waals surface area contributed by atoms with Crippen molar-refractivity contribution >= 4 is 22.8 Å². The minimum atomic E-state index is 0.379. The van der Waals surface area contributed by atoms with E-state index in [2.05, 4.69) is 4.98 Å². The molecule has 0 spiro atoms. The summed E-state index contributed by atoms with van der Waals surface area (Å²) in [6.45, 7) is 5.82. The Balaban J connectivity index is 0.000000921. The first kappa shape index (κ1) is 13.7. The van der Waals surface area contributed by atoms with E-state index in [4.69, 9.17) is 17.6 Å². The number of nitrogens with one attached hydrogen (secondary N) is 1. The topological polar surface area (TPSA) is 36.7 Å². The highest BCUT2D eigenvalue weighted by molar-refractivity contribution is 7.80. The lowest BCUT2D eigenvalue weighted by Gasteiger charge is -1.95. The summed E-state index contributed by atoms with van der Waals surface area (Å²) < 4.78 is 0. The predicted molar refractivity (Wildman–Crippen MR) is 69.8 cm³/mol. The highest BCUT2D eigenvalue weighted by Crippen LogP contribution is 1.96. The predicted octanol–water partition coefficient (Wildman–Crippen LogP) is 3.42. The summed E-state index contributed by atoms with van der Waals surface area (Å²) in [5, 5.41) is 7.61. The molecule has 0 aliphatic rings. The van der Waals surface area contributed by atoms with Crippen LogP contribution in [-0.2, 0) is 0 Å². The molecule has 0 aliphatic carbocycles. The molecule has 2 nitrogen and oxygen atoms in total. The molecule has 0 radical (unpaired) electrons. The molecule has 3 heteroatoms. The molecule has 80 valence electrons. The molecular weight excluding hydrogens is 204 g/mol. The van der Waals surface area contributed by atoms with Gasteiger partial charge in [0.05, 0.1) is 11.4 Å². The van der Waals surface area contributed by atoms with Gasteiger partial charge in [0.15, 0.2) is 0 Å². The van der Waals surface area contributed by atoms with Gasteiger partial charge < -0.3 is 0 Å². The molecule has 15 heavy (non-hydrogen) atoms. The minimum absolute atomic E-state index is 0.379. The first-order valence-corrected chi connectivity index (χ1v) is 5.29. The fourth-order valence-corrected chi connectivity index (χ4v) is 0.876. The van der Waals surface area contributed by atoms with Crippen LogP contribution in [0.25, 0.3) is 0 Å². The van der Waals surface area contributed by atoms with Crippen molar-refractivity contribution in [3.8, 4) is 0 Å². The Labute approximate surface area is 96.6 Å². The number of nitrogens with zero attached hydrogens (tertiary/aromatic N) is 1. The van der Waals surface area contributed by atoms with Crippen molar-refractivity contribution in [3.05, 3.63) is 42.2 Å². The van der Waals surface area contributed by atoms with Crippen LogP contribution in [0.4, 0.5) is 0 Å². The van der Waals surface area contributed by atoms with Crippen LogP contribution in [-0.4, -0.2) is 15.6 Å². The van der Waals surface area contributed by atoms with Crippen molar-refractivity contribution in [3.63, 3.8) is 0 Å². The van der Waals surface area contributed by atoms with Crippen molar-refractivity contribution in [2.45, 2.75) is 20.8 Å². The summed E-state index contributed by atoms with van der Waals surface area (Å²) in [4.78, 5) is 4.80. The third-order valence-electron chi connectivity index (χ3n) is 1.43. The van der Waals surface area contributed by atoms with E-state index in [0.717, 1.165) is 4.86 Å². The minimum Gasteiger partial charge on any atom is -0.299 e. The van der Waals surface area contributed by atoms with E-state index < -0.39 is 0 Å². The number of thiocarbonyl (C=S) groups is 1. The molecule has 0 aliphatic heterocycles. The van der Waals surface area contributed by atoms with Crippen LogP contribution in [0.3, 0.4) is 0 Å². The second kappa shape index (κ2) is 8.00. The molecule has 0 aromatic carbocycles. The van der Waals surface area contributed by atoms with Gasteiger partial charge in [-0.3, -0.25) is 10.4 Å². The summed E-state index contributed by atoms with van der Waals surface area (Å²) in [6, 6.07) is 5.48. The SMILES string of the molecule is CC.CC(=S)/C=C\C(=N)c1ccccn1. The molecule has 0 bridgehead atoms. The third kappa shape index (κ3) is 5.86. The second-order valence-electron chi connectivity index (χ2n) is 2.57. The number of allylic oxidation sites excluding steroid dienone is 2.